The molecule has 2 aromatic rings. The van der Waals surface area contributed by atoms with Crippen LogP contribution in [0.15, 0.2) is 11.0 Å². The average Bonchev–Trinajstić information content (AvgIpc) is 3.14. The number of nitrogens with zero attached hydrogens (tertiary/aromatic N) is 4. The first kappa shape index (κ1) is 22.7. The monoisotopic (exact) mass is 439 g/mol. The second kappa shape index (κ2) is 9.00. The lowest BCUT2D eigenvalue weighted by Gasteiger charge is -2.23. The van der Waals surface area contributed by atoms with Crippen molar-refractivity contribution in [2.75, 3.05) is 5.73 Å². The molecule has 0 amide bonds. The van der Waals surface area contributed by atoms with E-state index in [9.17, 15) is 14.4 Å². The highest BCUT2D eigenvalue weighted by molar-refractivity contribution is 5.72. The molecule has 2 aromatic heterocycles. The molecule has 0 unspecified atom stereocenters. The van der Waals surface area contributed by atoms with Gasteiger partial charge in [0.25, 0.3) is 0 Å². The summed E-state index contributed by atoms with van der Waals surface area (Å²) < 4.78 is 34.2. The van der Waals surface area contributed by atoms with Crippen molar-refractivity contribution in [1.82, 2.24) is 19.1 Å². The van der Waals surface area contributed by atoms with Crippen LogP contribution in [-0.2, 0) is 30.3 Å². The fourth-order valence-electron chi connectivity index (χ4n) is 3.81. The number of nitrogens with two attached hydrogens (primary N) is 1. The highest BCUT2D eigenvalue weighted by Gasteiger charge is 2.53. The summed E-state index contributed by atoms with van der Waals surface area (Å²) in [5.74, 6) is -1.44. The minimum atomic E-state index is -1.85. The van der Waals surface area contributed by atoms with Crippen LogP contribution in [0.4, 0.5) is 10.3 Å². The number of alkyl halides is 1. The van der Waals surface area contributed by atoms with Crippen molar-refractivity contribution in [2.24, 2.45) is 0 Å². The van der Waals surface area contributed by atoms with E-state index in [2.05, 4.69) is 9.97 Å². The first-order valence-corrected chi connectivity index (χ1v) is 10.1. The summed E-state index contributed by atoms with van der Waals surface area (Å²) in [4.78, 5) is 44.4. The van der Waals surface area contributed by atoms with Gasteiger partial charge in [0.2, 0.25) is 5.95 Å². The lowest BCUT2D eigenvalue weighted by Crippen LogP contribution is -2.39. The quantitative estimate of drug-likeness (QED) is 0.628. The van der Waals surface area contributed by atoms with E-state index in [-0.39, 0.29) is 18.0 Å². The molecule has 0 aliphatic carbocycles. The summed E-state index contributed by atoms with van der Waals surface area (Å²) in [6.45, 7) is 6.28. The lowest BCUT2D eigenvalue weighted by molar-refractivity contribution is -0.159. The smallest absolute Gasteiger partial charge is 0.332 e. The Morgan fingerprint density at radius 3 is 2.61 bits per heavy atom. The Balaban J connectivity index is 2.15. The molecule has 3 rings (SSSR count). The number of esters is 2. The van der Waals surface area contributed by atoms with Gasteiger partial charge in [-0.1, -0.05) is 13.8 Å². The van der Waals surface area contributed by atoms with Gasteiger partial charge in [0.15, 0.2) is 24.2 Å². The van der Waals surface area contributed by atoms with Crippen LogP contribution in [-0.4, -0.2) is 55.5 Å². The van der Waals surface area contributed by atoms with Crippen LogP contribution in [0.5, 0.6) is 0 Å². The topological polar surface area (TPSA) is 141 Å². The van der Waals surface area contributed by atoms with Crippen LogP contribution in [0.25, 0.3) is 11.2 Å². The summed E-state index contributed by atoms with van der Waals surface area (Å²) in [6, 6.07) is 0. The number of carbonyl (C=O) groups excluding carboxylic acids is 2. The molecule has 5 atom stereocenters. The van der Waals surface area contributed by atoms with Crippen molar-refractivity contribution in [2.45, 2.75) is 77.8 Å². The zero-order chi connectivity index (χ0) is 22.9. The molecule has 0 aromatic carbocycles. The molecule has 1 fully saturated rings. The lowest BCUT2D eigenvalue weighted by atomic mass is 10.0. The van der Waals surface area contributed by atoms with Gasteiger partial charge in [0.05, 0.1) is 6.20 Å². The molecule has 31 heavy (non-hydrogen) atoms. The summed E-state index contributed by atoms with van der Waals surface area (Å²) in [7, 11) is 0. The largest absolute Gasteiger partial charge is 0.460 e. The van der Waals surface area contributed by atoms with Gasteiger partial charge in [-0.2, -0.15) is 4.98 Å². The highest BCUT2D eigenvalue weighted by Crippen LogP contribution is 2.37. The number of imidazole rings is 1. The van der Waals surface area contributed by atoms with E-state index in [4.69, 9.17) is 19.9 Å². The van der Waals surface area contributed by atoms with E-state index >= 15 is 4.39 Å². The van der Waals surface area contributed by atoms with Crippen LogP contribution in [0.1, 0.15) is 46.8 Å². The summed E-state index contributed by atoms with van der Waals surface area (Å²) in [5.41, 5.74) is 5.69. The van der Waals surface area contributed by atoms with Gasteiger partial charge in [-0.15, -0.1) is 0 Å². The van der Waals surface area contributed by atoms with Crippen molar-refractivity contribution < 1.29 is 28.2 Å². The van der Waals surface area contributed by atoms with Gasteiger partial charge in [-0.25, -0.2) is 18.7 Å². The van der Waals surface area contributed by atoms with E-state index in [1.807, 2.05) is 6.92 Å². The number of anilines is 1. The van der Waals surface area contributed by atoms with Gasteiger partial charge in [0.1, 0.15) is 17.7 Å². The fraction of sp³-hybridized carbons (Fsp3) is 0.632. The molecule has 0 radical (unpaired) electrons. The van der Waals surface area contributed by atoms with Crippen molar-refractivity contribution in [3.05, 3.63) is 16.7 Å². The van der Waals surface area contributed by atoms with Gasteiger partial charge >= 0.3 is 17.6 Å². The van der Waals surface area contributed by atoms with Gasteiger partial charge < -0.3 is 19.9 Å². The molecular weight excluding hydrogens is 413 g/mol. The van der Waals surface area contributed by atoms with E-state index < -0.39 is 48.3 Å². The molecule has 0 spiro atoms. The minimum absolute atomic E-state index is 0.0865. The second-order valence-corrected chi connectivity index (χ2v) is 7.31. The first-order chi connectivity index (χ1) is 14.7. The summed E-state index contributed by atoms with van der Waals surface area (Å²) in [5, 5.41) is 0. The number of halogens is 1. The Kier molecular flexibility index (Phi) is 6.58. The maximum absolute atomic E-state index is 15.4. The molecule has 1 saturated heterocycles. The van der Waals surface area contributed by atoms with E-state index in [0.717, 1.165) is 11.5 Å². The van der Waals surface area contributed by atoms with Gasteiger partial charge in [-0.05, 0) is 12.8 Å². The molecule has 1 aliphatic rings. The average molecular weight is 439 g/mol. The first-order valence-electron chi connectivity index (χ1n) is 10.1. The number of hydrogen-bond donors (Lipinski definition) is 1. The van der Waals surface area contributed by atoms with E-state index in [1.165, 1.54) is 17.7 Å². The van der Waals surface area contributed by atoms with Crippen LogP contribution >= 0.6 is 0 Å². The third-order valence-corrected chi connectivity index (χ3v) is 5.02. The number of carbonyl (C=O) groups is 2. The fourth-order valence-corrected chi connectivity index (χ4v) is 3.81. The number of fused-ring (bicyclic) bond motifs is 1. The molecule has 11 nitrogen and oxygen atoms in total. The highest BCUT2D eigenvalue weighted by atomic mass is 19.1. The Morgan fingerprint density at radius 2 is 2.03 bits per heavy atom. The van der Waals surface area contributed by atoms with Crippen molar-refractivity contribution in [3.63, 3.8) is 0 Å². The molecule has 0 bridgehead atoms. The van der Waals surface area contributed by atoms with Crippen molar-refractivity contribution >= 4 is 29.1 Å². The van der Waals surface area contributed by atoms with Crippen LogP contribution in [0.3, 0.4) is 0 Å². The van der Waals surface area contributed by atoms with Gasteiger partial charge in [-0.3, -0.25) is 14.2 Å². The van der Waals surface area contributed by atoms with E-state index in [0.29, 0.717) is 18.5 Å². The predicted molar refractivity (Wildman–Crippen MR) is 107 cm³/mol. The number of hydrogen-bond acceptors (Lipinski definition) is 9. The maximum atomic E-state index is 15.4. The zero-order valence-corrected chi connectivity index (χ0v) is 17.8. The molecule has 2 N–H and O–H groups in total. The Hall–Kier alpha value is -3.02. The van der Waals surface area contributed by atoms with Crippen molar-refractivity contribution in [1.29, 1.82) is 0 Å². The normalized spacial score (nSPS) is 24.3. The SMILES string of the molecule is CCCn1c(=O)n([C@@H]2O[C@H]([C@H](CC)OC(C)=O)[C@H](F)[C@H]2OC(C)=O)c2nc(N)ncc21. The van der Waals surface area contributed by atoms with Gasteiger partial charge in [0, 0.05) is 20.4 Å². The minimum Gasteiger partial charge on any atom is -0.460 e. The molecule has 3 heterocycles. The number of ether oxygens (including phenoxy) is 3. The molecular formula is C19H26FN5O6. The Labute approximate surface area is 177 Å². The molecule has 12 heteroatoms. The second-order valence-electron chi connectivity index (χ2n) is 7.31. The Bertz CT molecular complexity index is 1040. The summed E-state index contributed by atoms with van der Waals surface area (Å²) in [6.07, 6.45) is -4.54. The summed E-state index contributed by atoms with van der Waals surface area (Å²) >= 11 is 0. The van der Waals surface area contributed by atoms with Crippen LogP contribution in [0, 0.1) is 0 Å². The molecule has 1 aliphatic heterocycles. The number of nitrogen functional groups attached to an aromatic ring is 1. The van der Waals surface area contributed by atoms with E-state index in [1.54, 1.807) is 6.92 Å². The number of rotatable bonds is 7. The molecule has 0 saturated carbocycles. The number of aryl methyl sites for hydroxylation is 1. The maximum Gasteiger partial charge on any atom is 0.332 e. The standard InChI is InChI=1S/C19H26FN5O6/c1-5-7-24-11-8-22-18(21)23-16(11)25(19(24)28)17-15(30-10(4)27)13(20)14(31-17)12(6-2)29-9(3)26/h8,12-15,17H,5-7H2,1-4H3,(H2,21,22,23)/t12-,13-,14+,15+,17+/m0/s1. The van der Waals surface area contributed by atoms with Crippen molar-refractivity contribution in [3.8, 4) is 0 Å². The van der Waals surface area contributed by atoms with Crippen LogP contribution in [0.2, 0.25) is 0 Å². The predicted octanol–water partition coefficient (Wildman–Crippen LogP) is 1.09. The molecule has 170 valence electrons. The third-order valence-electron chi connectivity index (χ3n) is 5.02. The third kappa shape index (κ3) is 4.24. The zero-order valence-electron chi connectivity index (χ0n) is 17.8. The Morgan fingerprint density at radius 1 is 1.32 bits per heavy atom. The number of aromatic nitrogens is 4. The van der Waals surface area contributed by atoms with Crippen LogP contribution < -0.4 is 11.4 Å².